The molecule has 0 bridgehead atoms. The highest BCUT2D eigenvalue weighted by atomic mass is 35.5. The number of pyridine rings is 1. The SMILES string of the molecule is Cn1c(-c2ccc(Cl)o2)nc2cccnc21. The molecule has 16 heavy (non-hydrogen) atoms. The minimum Gasteiger partial charge on any atom is -0.441 e. The average molecular weight is 234 g/mol. The van der Waals surface area contributed by atoms with Crippen LogP contribution < -0.4 is 0 Å². The summed E-state index contributed by atoms with van der Waals surface area (Å²) >= 11 is 5.74. The van der Waals surface area contributed by atoms with Gasteiger partial charge in [-0.2, -0.15) is 0 Å². The van der Waals surface area contributed by atoms with E-state index in [1.807, 2.05) is 23.7 Å². The van der Waals surface area contributed by atoms with Gasteiger partial charge in [-0.25, -0.2) is 9.97 Å². The van der Waals surface area contributed by atoms with E-state index in [0.29, 0.717) is 11.0 Å². The Morgan fingerprint density at radius 1 is 1.31 bits per heavy atom. The number of aromatic nitrogens is 3. The molecule has 0 unspecified atom stereocenters. The molecular formula is C11H8ClN3O. The van der Waals surface area contributed by atoms with Gasteiger partial charge in [0, 0.05) is 13.2 Å². The summed E-state index contributed by atoms with van der Waals surface area (Å²) in [5.74, 6) is 1.37. The number of furan rings is 1. The number of aryl methyl sites for hydroxylation is 1. The maximum Gasteiger partial charge on any atom is 0.194 e. The third kappa shape index (κ3) is 1.31. The fourth-order valence-corrected chi connectivity index (χ4v) is 1.82. The number of fused-ring (bicyclic) bond motifs is 1. The van der Waals surface area contributed by atoms with Crippen molar-refractivity contribution >= 4 is 22.8 Å². The molecule has 0 amide bonds. The largest absolute Gasteiger partial charge is 0.441 e. The van der Waals surface area contributed by atoms with Crippen molar-refractivity contribution in [3.63, 3.8) is 0 Å². The Labute approximate surface area is 96.5 Å². The first-order valence-electron chi connectivity index (χ1n) is 4.79. The fourth-order valence-electron chi connectivity index (χ4n) is 1.68. The minimum absolute atomic E-state index is 0.356. The van der Waals surface area contributed by atoms with Crippen molar-refractivity contribution in [3.8, 4) is 11.6 Å². The first kappa shape index (κ1) is 9.42. The summed E-state index contributed by atoms with van der Waals surface area (Å²) in [6.07, 6.45) is 1.74. The molecule has 0 aromatic carbocycles. The lowest BCUT2D eigenvalue weighted by Gasteiger charge is -1.96. The first-order valence-corrected chi connectivity index (χ1v) is 5.16. The Balaban J connectivity index is 2.28. The molecule has 4 nitrogen and oxygen atoms in total. The van der Waals surface area contributed by atoms with Crippen LogP contribution in [0.4, 0.5) is 0 Å². The van der Waals surface area contributed by atoms with Gasteiger partial charge in [0.1, 0.15) is 5.52 Å². The van der Waals surface area contributed by atoms with Crippen LogP contribution in [-0.4, -0.2) is 14.5 Å². The minimum atomic E-state index is 0.356. The van der Waals surface area contributed by atoms with E-state index in [-0.39, 0.29) is 0 Å². The van der Waals surface area contributed by atoms with Gasteiger partial charge in [-0.15, -0.1) is 0 Å². The lowest BCUT2D eigenvalue weighted by atomic mass is 10.4. The summed E-state index contributed by atoms with van der Waals surface area (Å²) in [6.45, 7) is 0. The summed E-state index contributed by atoms with van der Waals surface area (Å²) in [5.41, 5.74) is 1.66. The van der Waals surface area contributed by atoms with Crippen molar-refractivity contribution in [1.29, 1.82) is 0 Å². The summed E-state index contributed by atoms with van der Waals surface area (Å²) in [7, 11) is 1.90. The lowest BCUT2D eigenvalue weighted by Crippen LogP contribution is -1.92. The van der Waals surface area contributed by atoms with Crippen molar-refractivity contribution in [1.82, 2.24) is 14.5 Å². The predicted octanol–water partition coefficient (Wildman–Crippen LogP) is 2.88. The van der Waals surface area contributed by atoms with Crippen molar-refractivity contribution < 1.29 is 4.42 Å². The van der Waals surface area contributed by atoms with Gasteiger partial charge >= 0.3 is 0 Å². The van der Waals surface area contributed by atoms with Gasteiger partial charge in [0.2, 0.25) is 0 Å². The smallest absolute Gasteiger partial charge is 0.194 e. The highest BCUT2D eigenvalue weighted by Gasteiger charge is 2.13. The van der Waals surface area contributed by atoms with Crippen molar-refractivity contribution in [2.45, 2.75) is 0 Å². The monoisotopic (exact) mass is 233 g/mol. The molecule has 80 valence electrons. The number of imidazole rings is 1. The molecule has 0 atom stereocenters. The summed E-state index contributed by atoms with van der Waals surface area (Å²) in [5, 5.41) is 0.356. The number of hydrogen-bond donors (Lipinski definition) is 0. The van der Waals surface area contributed by atoms with Crippen LogP contribution in [0.5, 0.6) is 0 Å². The van der Waals surface area contributed by atoms with Crippen LogP contribution in [0.3, 0.4) is 0 Å². The topological polar surface area (TPSA) is 43.9 Å². The zero-order valence-electron chi connectivity index (χ0n) is 8.51. The molecule has 0 saturated heterocycles. The van der Waals surface area contributed by atoms with Gasteiger partial charge in [0.05, 0.1) is 0 Å². The van der Waals surface area contributed by atoms with Crippen LogP contribution in [-0.2, 0) is 7.05 Å². The molecule has 0 aliphatic heterocycles. The average Bonchev–Trinajstić information content (AvgIpc) is 2.84. The van der Waals surface area contributed by atoms with Gasteiger partial charge in [-0.05, 0) is 35.9 Å². The molecule has 0 spiro atoms. The Kier molecular flexibility index (Phi) is 1.97. The molecule has 0 saturated carbocycles. The van der Waals surface area contributed by atoms with Gasteiger partial charge in [0.25, 0.3) is 0 Å². The van der Waals surface area contributed by atoms with Crippen molar-refractivity contribution in [3.05, 3.63) is 35.7 Å². The quantitative estimate of drug-likeness (QED) is 0.649. The Morgan fingerprint density at radius 2 is 2.19 bits per heavy atom. The molecule has 0 fully saturated rings. The van der Waals surface area contributed by atoms with E-state index in [2.05, 4.69) is 9.97 Å². The van der Waals surface area contributed by atoms with Crippen molar-refractivity contribution in [2.75, 3.05) is 0 Å². The zero-order valence-corrected chi connectivity index (χ0v) is 9.27. The normalized spacial score (nSPS) is 11.1. The van der Waals surface area contributed by atoms with E-state index in [4.69, 9.17) is 16.0 Å². The van der Waals surface area contributed by atoms with Crippen LogP contribution >= 0.6 is 11.6 Å². The van der Waals surface area contributed by atoms with Gasteiger partial charge < -0.3 is 8.98 Å². The predicted molar refractivity (Wildman–Crippen MR) is 61.2 cm³/mol. The molecule has 3 aromatic rings. The second-order valence-electron chi connectivity index (χ2n) is 3.44. The van der Waals surface area contributed by atoms with Crippen LogP contribution in [0.1, 0.15) is 0 Å². The zero-order chi connectivity index (χ0) is 11.1. The summed E-state index contributed by atoms with van der Waals surface area (Å²) < 4.78 is 7.21. The Hall–Kier alpha value is -1.81. The molecule has 5 heteroatoms. The van der Waals surface area contributed by atoms with Crippen LogP contribution in [0.15, 0.2) is 34.9 Å². The van der Waals surface area contributed by atoms with Gasteiger partial charge in [0.15, 0.2) is 22.5 Å². The van der Waals surface area contributed by atoms with Crippen LogP contribution in [0.25, 0.3) is 22.7 Å². The molecule has 0 aliphatic rings. The van der Waals surface area contributed by atoms with Crippen LogP contribution in [0.2, 0.25) is 5.22 Å². The standard InChI is InChI=1S/C11H8ClN3O/c1-15-10-7(3-2-6-13-10)14-11(15)8-4-5-9(12)16-8/h2-6H,1H3. The molecule has 3 heterocycles. The van der Waals surface area contributed by atoms with Gasteiger partial charge in [-0.3, -0.25) is 0 Å². The van der Waals surface area contributed by atoms with E-state index in [0.717, 1.165) is 17.0 Å². The van der Waals surface area contributed by atoms with Crippen LogP contribution in [0, 0.1) is 0 Å². The lowest BCUT2D eigenvalue weighted by molar-refractivity contribution is 0.576. The second kappa shape index (κ2) is 3.35. The Bertz CT molecular complexity index is 656. The number of hydrogen-bond acceptors (Lipinski definition) is 3. The maximum absolute atomic E-state index is 5.74. The first-order chi connectivity index (χ1) is 7.75. The van der Waals surface area contributed by atoms with E-state index in [1.165, 1.54) is 0 Å². The fraction of sp³-hybridized carbons (Fsp3) is 0.0909. The highest BCUT2D eigenvalue weighted by Crippen LogP contribution is 2.25. The Morgan fingerprint density at radius 3 is 2.88 bits per heavy atom. The van der Waals surface area contributed by atoms with Gasteiger partial charge in [-0.1, -0.05) is 0 Å². The van der Waals surface area contributed by atoms with Crippen molar-refractivity contribution in [2.24, 2.45) is 7.05 Å². The van der Waals surface area contributed by atoms with E-state index in [1.54, 1.807) is 18.3 Å². The van der Waals surface area contributed by atoms with E-state index >= 15 is 0 Å². The van der Waals surface area contributed by atoms with E-state index in [9.17, 15) is 0 Å². The summed E-state index contributed by atoms with van der Waals surface area (Å²) in [6, 6.07) is 7.26. The second-order valence-corrected chi connectivity index (χ2v) is 3.82. The van der Waals surface area contributed by atoms with E-state index < -0.39 is 0 Å². The molecular weight excluding hydrogens is 226 g/mol. The molecule has 0 N–H and O–H groups in total. The number of halogens is 1. The highest BCUT2D eigenvalue weighted by molar-refractivity contribution is 6.28. The molecule has 0 aliphatic carbocycles. The maximum atomic E-state index is 5.74. The number of nitrogens with zero attached hydrogens (tertiary/aromatic N) is 3. The number of rotatable bonds is 1. The third-order valence-electron chi connectivity index (χ3n) is 2.42. The molecule has 3 aromatic heterocycles. The molecule has 3 rings (SSSR count). The third-order valence-corrected chi connectivity index (χ3v) is 2.62. The molecule has 0 radical (unpaired) electrons. The summed E-state index contributed by atoms with van der Waals surface area (Å²) in [4.78, 5) is 8.70.